The summed E-state index contributed by atoms with van der Waals surface area (Å²) in [5, 5.41) is 7.13. The fourth-order valence-electron chi connectivity index (χ4n) is 10.2. The van der Waals surface area contributed by atoms with Gasteiger partial charge in [-0.2, -0.15) is 0 Å². The summed E-state index contributed by atoms with van der Waals surface area (Å²) in [7, 11) is 0. The number of para-hydroxylation sites is 4. The van der Waals surface area contributed by atoms with Gasteiger partial charge in [0.1, 0.15) is 11.2 Å². The average Bonchev–Trinajstić information content (AvgIpc) is 4.01. The molecule has 3 aromatic heterocycles. The Kier molecular flexibility index (Phi) is 7.91. The Balaban J connectivity index is 1.02. The fourth-order valence-corrected chi connectivity index (χ4v) is 10.2. The molecule has 0 atom stereocenters. The molecule has 0 amide bonds. The van der Waals surface area contributed by atoms with E-state index in [0.717, 1.165) is 55.5 Å². The average molecular weight is 803 g/mol. The molecule has 0 spiro atoms. The second-order valence-electron chi connectivity index (χ2n) is 16.4. The van der Waals surface area contributed by atoms with E-state index >= 15 is 0 Å². The fraction of sp³-hybridized carbons (Fsp3) is 0. The minimum absolute atomic E-state index is 0.861. The van der Waals surface area contributed by atoms with E-state index in [1.54, 1.807) is 0 Å². The lowest BCUT2D eigenvalue weighted by Crippen LogP contribution is -1.96. The minimum atomic E-state index is 0.861. The van der Waals surface area contributed by atoms with E-state index in [2.05, 4.69) is 240 Å². The molecule has 0 bridgehead atoms. The minimum Gasteiger partial charge on any atom is -0.456 e. The van der Waals surface area contributed by atoms with Crippen molar-refractivity contribution in [1.82, 2.24) is 9.13 Å². The molecule has 13 rings (SSSR count). The molecule has 13 aromatic rings. The summed E-state index contributed by atoms with van der Waals surface area (Å²) < 4.78 is 11.6. The highest BCUT2D eigenvalue weighted by atomic mass is 16.3. The summed E-state index contributed by atoms with van der Waals surface area (Å²) in [6.45, 7) is 0. The Bertz CT molecular complexity index is 3900. The van der Waals surface area contributed by atoms with Crippen LogP contribution in [0.3, 0.4) is 0 Å². The molecule has 0 saturated heterocycles. The summed E-state index contributed by atoms with van der Waals surface area (Å²) in [4.78, 5) is 0. The molecule has 3 heterocycles. The summed E-state index contributed by atoms with van der Waals surface area (Å²) in [6.07, 6.45) is 0. The zero-order valence-corrected chi connectivity index (χ0v) is 34.2. The maximum Gasteiger partial charge on any atom is 0.138 e. The number of hydrogen-bond donors (Lipinski definition) is 0. The lowest BCUT2D eigenvalue weighted by molar-refractivity contribution is 0.668. The van der Waals surface area contributed by atoms with Crippen LogP contribution in [0.5, 0.6) is 0 Å². The van der Waals surface area contributed by atoms with Crippen molar-refractivity contribution < 1.29 is 4.42 Å². The van der Waals surface area contributed by atoms with Gasteiger partial charge in [-0.25, -0.2) is 0 Å². The Morgan fingerprint density at radius 3 is 1.35 bits per heavy atom. The quantitative estimate of drug-likeness (QED) is 0.164. The van der Waals surface area contributed by atoms with E-state index in [4.69, 9.17) is 4.42 Å². The van der Waals surface area contributed by atoms with Crippen LogP contribution in [0.25, 0.3) is 121 Å². The molecule has 0 fully saturated rings. The van der Waals surface area contributed by atoms with Crippen LogP contribution in [0.15, 0.2) is 235 Å². The summed E-state index contributed by atoms with van der Waals surface area (Å²) in [6, 6.07) is 83.4. The van der Waals surface area contributed by atoms with Gasteiger partial charge in [0.2, 0.25) is 0 Å². The second-order valence-corrected chi connectivity index (χ2v) is 16.4. The lowest BCUT2D eigenvalue weighted by Gasteiger charge is -2.17. The van der Waals surface area contributed by atoms with Crippen LogP contribution in [0.2, 0.25) is 0 Å². The Labute approximate surface area is 363 Å². The van der Waals surface area contributed by atoms with Gasteiger partial charge in [-0.05, 0) is 105 Å². The molecular formula is C60H38N2O. The van der Waals surface area contributed by atoms with E-state index in [-0.39, 0.29) is 0 Å². The van der Waals surface area contributed by atoms with Crippen LogP contribution < -0.4 is 0 Å². The van der Waals surface area contributed by atoms with Crippen LogP contribution >= 0.6 is 0 Å². The molecule has 294 valence electrons. The van der Waals surface area contributed by atoms with Crippen LogP contribution in [0, 0.1) is 0 Å². The van der Waals surface area contributed by atoms with Crippen LogP contribution in [0.4, 0.5) is 0 Å². The molecular weight excluding hydrogens is 765 g/mol. The first kappa shape index (κ1) is 35.4. The number of fused-ring (bicyclic) bond motifs is 9. The van der Waals surface area contributed by atoms with Gasteiger partial charge < -0.3 is 13.6 Å². The molecule has 0 aliphatic heterocycles. The van der Waals surface area contributed by atoms with Gasteiger partial charge in [0, 0.05) is 44.1 Å². The van der Waals surface area contributed by atoms with Crippen molar-refractivity contribution in [3.63, 3.8) is 0 Å². The summed E-state index contributed by atoms with van der Waals surface area (Å²) in [5.41, 5.74) is 18.1. The van der Waals surface area contributed by atoms with Gasteiger partial charge in [-0.15, -0.1) is 0 Å². The molecule has 3 nitrogen and oxygen atoms in total. The second kappa shape index (κ2) is 14.1. The highest BCUT2D eigenvalue weighted by Gasteiger charge is 2.22. The van der Waals surface area contributed by atoms with Crippen molar-refractivity contribution in [1.29, 1.82) is 0 Å². The van der Waals surface area contributed by atoms with Gasteiger partial charge in [0.05, 0.1) is 27.8 Å². The third kappa shape index (κ3) is 5.53. The number of benzene rings is 10. The van der Waals surface area contributed by atoms with Gasteiger partial charge in [-0.3, -0.25) is 0 Å². The standard InChI is InChI=1S/C60H38N2O/c1-3-17-39(18-4-1)44-21-7-8-22-45(44)46-23-9-10-24-47(46)53-37-43(38-59-60(53)50-27-13-16-30-58(50)63-59)62-55-29-15-12-26-49(55)52-36-41(32-34-57(52)62)40-31-33-56-51(35-40)48-25-11-14-28-54(48)61(56)42-19-5-2-6-20-42/h1-38H. The first-order chi connectivity index (χ1) is 31.3. The van der Waals surface area contributed by atoms with Crippen molar-refractivity contribution in [2.45, 2.75) is 0 Å². The van der Waals surface area contributed by atoms with Gasteiger partial charge in [0.15, 0.2) is 0 Å². The van der Waals surface area contributed by atoms with E-state index in [9.17, 15) is 0 Å². The van der Waals surface area contributed by atoms with E-state index in [0.29, 0.717) is 0 Å². The zero-order valence-electron chi connectivity index (χ0n) is 34.2. The Morgan fingerprint density at radius 1 is 0.254 bits per heavy atom. The van der Waals surface area contributed by atoms with Crippen LogP contribution in [0.1, 0.15) is 0 Å². The number of rotatable bonds is 6. The molecule has 0 aliphatic carbocycles. The van der Waals surface area contributed by atoms with Crippen LogP contribution in [-0.4, -0.2) is 9.13 Å². The van der Waals surface area contributed by atoms with Crippen molar-refractivity contribution in [2.24, 2.45) is 0 Å². The third-order valence-corrected chi connectivity index (χ3v) is 12.9. The third-order valence-electron chi connectivity index (χ3n) is 12.9. The topological polar surface area (TPSA) is 23.0 Å². The van der Waals surface area contributed by atoms with Crippen molar-refractivity contribution in [3.05, 3.63) is 231 Å². The summed E-state index contributed by atoms with van der Waals surface area (Å²) >= 11 is 0. The number of nitrogens with zero attached hydrogens (tertiary/aromatic N) is 2. The van der Waals surface area contributed by atoms with Gasteiger partial charge in [0.25, 0.3) is 0 Å². The molecule has 10 aromatic carbocycles. The lowest BCUT2D eigenvalue weighted by atomic mass is 9.88. The Morgan fingerprint density at radius 2 is 0.714 bits per heavy atom. The molecule has 0 aliphatic rings. The zero-order chi connectivity index (χ0) is 41.4. The molecule has 3 heteroatoms. The maximum absolute atomic E-state index is 6.77. The first-order valence-electron chi connectivity index (χ1n) is 21.6. The molecule has 0 radical (unpaired) electrons. The molecule has 0 unspecified atom stereocenters. The largest absolute Gasteiger partial charge is 0.456 e. The van der Waals surface area contributed by atoms with Crippen molar-refractivity contribution in [3.8, 4) is 55.9 Å². The smallest absolute Gasteiger partial charge is 0.138 e. The number of furan rings is 1. The normalized spacial score (nSPS) is 11.8. The molecule has 0 saturated carbocycles. The monoisotopic (exact) mass is 802 g/mol. The first-order valence-corrected chi connectivity index (χ1v) is 21.6. The molecule has 0 N–H and O–H groups in total. The van der Waals surface area contributed by atoms with Gasteiger partial charge in [-0.1, -0.05) is 164 Å². The maximum atomic E-state index is 6.77. The van der Waals surface area contributed by atoms with Crippen molar-refractivity contribution in [2.75, 3.05) is 0 Å². The predicted molar refractivity (Wildman–Crippen MR) is 264 cm³/mol. The number of hydrogen-bond acceptors (Lipinski definition) is 1. The van der Waals surface area contributed by atoms with Crippen molar-refractivity contribution >= 4 is 65.6 Å². The summed E-state index contributed by atoms with van der Waals surface area (Å²) in [5.74, 6) is 0. The van der Waals surface area contributed by atoms with Gasteiger partial charge >= 0.3 is 0 Å². The van der Waals surface area contributed by atoms with E-state index < -0.39 is 0 Å². The van der Waals surface area contributed by atoms with E-state index in [1.165, 1.54) is 66.0 Å². The number of aromatic nitrogens is 2. The SMILES string of the molecule is c1ccc(-c2ccccc2-c2ccccc2-c2cc(-n3c4ccccc4c4cc(-c5ccc6c(c5)c5ccccc5n6-c5ccccc5)ccc43)cc3oc4ccccc4c23)cc1. The van der Waals surface area contributed by atoms with E-state index in [1.807, 2.05) is 0 Å². The van der Waals surface area contributed by atoms with Crippen LogP contribution in [-0.2, 0) is 0 Å². The molecule has 63 heavy (non-hydrogen) atoms. The highest BCUT2D eigenvalue weighted by molar-refractivity contribution is 6.16. The predicted octanol–water partition coefficient (Wildman–Crippen LogP) is 16.4. The highest BCUT2D eigenvalue weighted by Crippen LogP contribution is 2.46. The Hall–Kier alpha value is -8.40.